The van der Waals surface area contributed by atoms with Gasteiger partial charge in [-0.1, -0.05) is 6.07 Å². The summed E-state index contributed by atoms with van der Waals surface area (Å²) in [5, 5.41) is 0. The summed E-state index contributed by atoms with van der Waals surface area (Å²) in [7, 11) is 1.52. The molecule has 0 fully saturated rings. The molecule has 1 aromatic rings. The van der Waals surface area contributed by atoms with Gasteiger partial charge in [-0.3, -0.25) is 4.99 Å². The lowest BCUT2D eigenvalue weighted by Crippen LogP contribution is -2.06. The Hall–Kier alpha value is -1.32. The van der Waals surface area contributed by atoms with Gasteiger partial charge in [-0.2, -0.15) is 13.2 Å². The molecular formula is C10H10F3N. The topological polar surface area (TPSA) is 12.4 Å². The predicted molar refractivity (Wildman–Crippen MR) is 49.7 cm³/mol. The zero-order chi connectivity index (χ0) is 10.8. The molecule has 0 spiro atoms. The summed E-state index contributed by atoms with van der Waals surface area (Å²) >= 11 is 0. The van der Waals surface area contributed by atoms with Crippen LogP contribution in [0.4, 0.5) is 13.2 Å². The standard InChI is InChI=1S/C10H10F3N/c1-7-3-8(6-14-2)5-9(4-7)10(11,12)13/h3-6H,1-2H3/b14-6+. The summed E-state index contributed by atoms with van der Waals surface area (Å²) in [5.41, 5.74) is 0.418. The van der Waals surface area contributed by atoms with E-state index in [4.69, 9.17) is 0 Å². The van der Waals surface area contributed by atoms with Crippen LogP contribution in [0.3, 0.4) is 0 Å². The van der Waals surface area contributed by atoms with E-state index >= 15 is 0 Å². The number of benzene rings is 1. The lowest BCUT2D eigenvalue weighted by molar-refractivity contribution is -0.137. The van der Waals surface area contributed by atoms with Crippen molar-refractivity contribution in [3.05, 3.63) is 34.9 Å². The molecule has 0 atom stereocenters. The van der Waals surface area contributed by atoms with Gasteiger partial charge in [-0.05, 0) is 30.2 Å². The van der Waals surface area contributed by atoms with Crippen molar-refractivity contribution in [2.24, 2.45) is 4.99 Å². The molecule has 0 radical (unpaired) electrons. The van der Waals surface area contributed by atoms with E-state index in [1.165, 1.54) is 13.3 Å². The average molecular weight is 201 g/mol. The minimum Gasteiger partial charge on any atom is -0.296 e. The number of aliphatic imine (C=N–C) groups is 1. The number of hydrogen-bond donors (Lipinski definition) is 0. The second-order valence-corrected chi connectivity index (χ2v) is 3.02. The summed E-state index contributed by atoms with van der Waals surface area (Å²) in [4.78, 5) is 3.68. The van der Waals surface area contributed by atoms with E-state index in [0.717, 1.165) is 12.1 Å². The van der Waals surface area contributed by atoms with Crippen molar-refractivity contribution in [1.82, 2.24) is 0 Å². The zero-order valence-corrected chi connectivity index (χ0v) is 7.89. The maximum atomic E-state index is 12.3. The first kappa shape index (κ1) is 10.8. The van der Waals surface area contributed by atoms with Gasteiger partial charge in [0.1, 0.15) is 0 Å². The van der Waals surface area contributed by atoms with E-state index in [9.17, 15) is 13.2 Å². The molecule has 0 aliphatic rings. The Morgan fingerprint density at radius 2 is 1.86 bits per heavy atom. The van der Waals surface area contributed by atoms with Gasteiger partial charge < -0.3 is 0 Å². The van der Waals surface area contributed by atoms with Crippen LogP contribution in [-0.2, 0) is 6.18 Å². The molecule has 0 bridgehead atoms. The smallest absolute Gasteiger partial charge is 0.296 e. The molecule has 0 heterocycles. The van der Waals surface area contributed by atoms with Crippen molar-refractivity contribution in [2.45, 2.75) is 13.1 Å². The summed E-state index contributed by atoms with van der Waals surface area (Å²) in [6, 6.07) is 3.86. The molecule has 14 heavy (non-hydrogen) atoms. The molecule has 1 aromatic carbocycles. The van der Waals surface area contributed by atoms with E-state index in [2.05, 4.69) is 4.99 Å². The SMILES string of the molecule is C/N=C/c1cc(C)cc(C(F)(F)F)c1. The highest BCUT2D eigenvalue weighted by Crippen LogP contribution is 2.30. The van der Waals surface area contributed by atoms with Gasteiger partial charge in [0.15, 0.2) is 0 Å². The molecule has 0 aromatic heterocycles. The largest absolute Gasteiger partial charge is 0.416 e. The highest BCUT2D eigenvalue weighted by Gasteiger charge is 2.30. The number of halogens is 3. The molecule has 0 aliphatic carbocycles. The lowest BCUT2D eigenvalue weighted by Gasteiger charge is -2.08. The van der Waals surface area contributed by atoms with Crippen LogP contribution in [0.1, 0.15) is 16.7 Å². The van der Waals surface area contributed by atoms with E-state index < -0.39 is 11.7 Å². The molecule has 0 unspecified atom stereocenters. The molecule has 0 amide bonds. The van der Waals surface area contributed by atoms with E-state index in [0.29, 0.717) is 11.1 Å². The quantitative estimate of drug-likeness (QED) is 0.619. The molecule has 0 aliphatic heterocycles. The fraction of sp³-hybridized carbons (Fsp3) is 0.300. The zero-order valence-electron chi connectivity index (χ0n) is 7.89. The van der Waals surface area contributed by atoms with Gasteiger partial charge in [0.2, 0.25) is 0 Å². The lowest BCUT2D eigenvalue weighted by atomic mass is 10.1. The normalized spacial score (nSPS) is 12.4. The van der Waals surface area contributed by atoms with E-state index in [1.807, 2.05) is 0 Å². The molecule has 1 rings (SSSR count). The van der Waals surface area contributed by atoms with Gasteiger partial charge in [0.05, 0.1) is 5.56 Å². The van der Waals surface area contributed by atoms with E-state index in [1.54, 1.807) is 13.0 Å². The molecule has 0 saturated carbocycles. The monoisotopic (exact) mass is 201 g/mol. The van der Waals surface area contributed by atoms with Gasteiger partial charge in [0, 0.05) is 13.3 Å². The molecule has 76 valence electrons. The van der Waals surface area contributed by atoms with Crippen molar-refractivity contribution in [2.75, 3.05) is 7.05 Å². The van der Waals surface area contributed by atoms with Gasteiger partial charge >= 0.3 is 6.18 Å². The number of nitrogens with zero attached hydrogens (tertiary/aromatic N) is 1. The molecule has 0 N–H and O–H groups in total. The van der Waals surface area contributed by atoms with Gasteiger partial charge in [0.25, 0.3) is 0 Å². The minimum atomic E-state index is -4.29. The summed E-state index contributed by atoms with van der Waals surface area (Å²) < 4.78 is 37.0. The van der Waals surface area contributed by atoms with Crippen molar-refractivity contribution >= 4 is 6.21 Å². The van der Waals surface area contributed by atoms with Gasteiger partial charge in [-0.15, -0.1) is 0 Å². The summed E-state index contributed by atoms with van der Waals surface area (Å²) in [6.07, 6.45) is -2.88. The number of aryl methyl sites for hydroxylation is 1. The van der Waals surface area contributed by atoms with Crippen LogP contribution in [0.15, 0.2) is 23.2 Å². The van der Waals surface area contributed by atoms with Crippen molar-refractivity contribution < 1.29 is 13.2 Å². The van der Waals surface area contributed by atoms with Crippen LogP contribution in [0.25, 0.3) is 0 Å². The Morgan fingerprint density at radius 3 is 2.36 bits per heavy atom. The summed E-state index contributed by atoms with van der Waals surface area (Å²) in [6.45, 7) is 1.63. The third-order valence-electron chi connectivity index (χ3n) is 1.71. The Labute approximate surface area is 80.3 Å². The fourth-order valence-corrected chi connectivity index (χ4v) is 1.20. The molecule has 1 nitrogen and oxygen atoms in total. The molecular weight excluding hydrogens is 191 g/mol. The first-order valence-corrected chi connectivity index (χ1v) is 4.04. The van der Waals surface area contributed by atoms with Crippen LogP contribution in [0.5, 0.6) is 0 Å². The predicted octanol–water partition coefficient (Wildman–Crippen LogP) is 3.06. The first-order valence-electron chi connectivity index (χ1n) is 4.04. The molecule has 0 saturated heterocycles. The van der Waals surface area contributed by atoms with Crippen molar-refractivity contribution in [3.8, 4) is 0 Å². The maximum Gasteiger partial charge on any atom is 0.416 e. The highest BCUT2D eigenvalue weighted by atomic mass is 19.4. The van der Waals surface area contributed by atoms with E-state index in [-0.39, 0.29) is 0 Å². The number of alkyl halides is 3. The maximum absolute atomic E-state index is 12.3. The second kappa shape index (κ2) is 3.82. The van der Waals surface area contributed by atoms with Crippen LogP contribution in [-0.4, -0.2) is 13.3 Å². The molecule has 4 heteroatoms. The Morgan fingerprint density at radius 1 is 1.21 bits per heavy atom. The average Bonchev–Trinajstić information content (AvgIpc) is 2.02. The fourth-order valence-electron chi connectivity index (χ4n) is 1.20. The van der Waals surface area contributed by atoms with Crippen LogP contribution < -0.4 is 0 Å². The van der Waals surface area contributed by atoms with Crippen LogP contribution >= 0.6 is 0 Å². The first-order chi connectivity index (χ1) is 6.43. The minimum absolute atomic E-state index is 0.472. The Kier molecular flexibility index (Phi) is 2.93. The third-order valence-corrected chi connectivity index (χ3v) is 1.71. The Balaban J connectivity index is 3.20. The van der Waals surface area contributed by atoms with Crippen molar-refractivity contribution in [1.29, 1.82) is 0 Å². The number of rotatable bonds is 1. The second-order valence-electron chi connectivity index (χ2n) is 3.02. The van der Waals surface area contributed by atoms with Crippen LogP contribution in [0, 0.1) is 6.92 Å². The highest BCUT2D eigenvalue weighted by molar-refractivity contribution is 5.80. The third kappa shape index (κ3) is 2.58. The van der Waals surface area contributed by atoms with Crippen LogP contribution in [0.2, 0.25) is 0 Å². The summed E-state index contributed by atoms with van der Waals surface area (Å²) in [5.74, 6) is 0. The number of hydrogen-bond acceptors (Lipinski definition) is 1. The van der Waals surface area contributed by atoms with Crippen molar-refractivity contribution in [3.63, 3.8) is 0 Å². The Bertz CT molecular complexity index is 353. The van der Waals surface area contributed by atoms with Gasteiger partial charge in [-0.25, -0.2) is 0 Å².